The van der Waals surface area contributed by atoms with Crippen molar-refractivity contribution in [1.29, 1.82) is 0 Å². The molecule has 3 nitrogen and oxygen atoms in total. The smallest absolute Gasteiger partial charge is 0.147 e. The van der Waals surface area contributed by atoms with Gasteiger partial charge in [0, 0.05) is 31.8 Å². The summed E-state index contributed by atoms with van der Waals surface area (Å²) in [6, 6.07) is 3.67. The van der Waals surface area contributed by atoms with E-state index in [0.717, 1.165) is 25.3 Å². The van der Waals surface area contributed by atoms with Crippen LogP contribution in [0.3, 0.4) is 0 Å². The minimum absolute atomic E-state index is 0.251. The zero-order valence-corrected chi connectivity index (χ0v) is 8.61. The highest BCUT2D eigenvalue weighted by Gasteiger charge is 2.23. The number of aliphatic hydroxyl groups is 1. The molecule has 2 heterocycles. The molecular weight excluding hydrogens is 200 g/mol. The summed E-state index contributed by atoms with van der Waals surface area (Å²) in [5, 5.41) is 9.71. The van der Waals surface area contributed by atoms with Crippen LogP contribution in [0, 0.1) is 5.92 Å². The van der Waals surface area contributed by atoms with Crippen molar-refractivity contribution in [3.63, 3.8) is 0 Å². The zero-order chi connectivity index (χ0) is 9.97. The van der Waals surface area contributed by atoms with Crippen LogP contribution in [0.25, 0.3) is 0 Å². The van der Waals surface area contributed by atoms with E-state index in [1.165, 1.54) is 0 Å². The van der Waals surface area contributed by atoms with Crippen molar-refractivity contribution in [1.82, 2.24) is 4.98 Å². The standard InChI is InChI=1S/C10H13ClN2O/c11-9-2-1-4-12-10(9)13-5-3-8(6-13)7-14/h1-2,4,8,14H,3,5-7H2/t8-/m0/s1. The molecule has 76 valence electrons. The molecule has 1 aliphatic heterocycles. The number of hydrogen-bond donors (Lipinski definition) is 1. The lowest BCUT2D eigenvalue weighted by Gasteiger charge is -2.17. The van der Waals surface area contributed by atoms with Crippen LogP contribution >= 0.6 is 11.6 Å². The van der Waals surface area contributed by atoms with Gasteiger partial charge in [-0.1, -0.05) is 11.6 Å². The van der Waals surface area contributed by atoms with Crippen molar-refractivity contribution >= 4 is 17.4 Å². The van der Waals surface area contributed by atoms with Gasteiger partial charge in [-0.05, 0) is 18.6 Å². The summed E-state index contributed by atoms with van der Waals surface area (Å²) in [6.07, 6.45) is 2.76. The summed E-state index contributed by atoms with van der Waals surface area (Å²) in [5.41, 5.74) is 0. The fourth-order valence-corrected chi connectivity index (χ4v) is 2.03. The summed E-state index contributed by atoms with van der Waals surface area (Å²) in [4.78, 5) is 6.37. The van der Waals surface area contributed by atoms with E-state index in [9.17, 15) is 0 Å². The van der Waals surface area contributed by atoms with Crippen LogP contribution in [-0.2, 0) is 0 Å². The topological polar surface area (TPSA) is 36.4 Å². The predicted molar refractivity (Wildman–Crippen MR) is 56.7 cm³/mol. The normalized spacial score (nSPS) is 21.6. The Morgan fingerprint density at radius 3 is 3.14 bits per heavy atom. The van der Waals surface area contributed by atoms with Crippen molar-refractivity contribution in [3.05, 3.63) is 23.4 Å². The lowest BCUT2D eigenvalue weighted by Crippen LogP contribution is -2.21. The van der Waals surface area contributed by atoms with Gasteiger partial charge in [-0.25, -0.2) is 4.98 Å². The molecule has 0 amide bonds. The van der Waals surface area contributed by atoms with Crippen molar-refractivity contribution in [2.24, 2.45) is 5.92 Å². The number of halogens is 1. The molecule has 0 radical (unpaired) electrons. The van der Waals surface area contributed by atoms with Crippen molar-refractivity contribution in [3.8, 4) is 0 Å². The first-order valence-electron chi connectivity index (χ1n) is 4.77. The van der Waals surface area contributed by atoms with Gasteiger partial charge in [0.2, 0.25) is 0 Å². The molecule has 0 aromatic carbocycles. The molecule has 1 aromatic rings. The third kappa shape index (κ3) is 1.83. The van der Waals surface area contributed by atoms with E-state index in [-0.39, 0.29) is 6.61 Å². The molecule has 0 saturated carbocycles. The molecule has 2 rings (SSSR count). The lowest BCUT2D eigenvalue weighted by atomic mass is 10.1. The Morgan fingerprint density at radius 1 is 1.64 bits per heavy atom. The number of anilines is 1. The average Bonchev–Trinajstić information content (AvgIpc) is 2.67. The first-order chi connectivity index (χ1) is 6.81. The third-order valence-corrected chi connectivity index (χ3v) is 2.88. The molecule has 14 heavy (non-hydrogen) atoms. The molecule has 1 aromatic heterocycles. The quantitative estimate of drug-likeness (QED) is 0.808. The molecule has 0 unspecified atom stereocenters. The maximum absolute atomic E-state index is 9.02. The number of aliphatic hydroxyl groups excluding tert-OH is 1. The summed E-state index contributed by atoms with van der Waals surface area (Å²) in [6.45, 7) is 2.04. The first kappa shape index (κ1) is 9.74. The number of rotatable bonds is 2. The summed E-state index contributed by atoms with van der Waals surface area (Å²) in [5.74, 6) is 1.21. The van der Waals surface area contributed by atoms with Gasteiger partial charge in [0.15, 0.2) is 0 Å². The molecule has 1 saturated heterocycles. The van der Waals surface area contributed by atoms with Gasteiger partial charge in [-0.3, -0.25) is 0 Å². The second-order valence-electron chi connectivity index (χ2n) is 3.59. The molecule has 0 bridgehead atoms. The van der Waals surface area contributed by atoms with Crippen molar-refractivity contribution in [2.75, 3.05) is 24.6 Å². The lowest BCUT2D eigenvalue weighted by molar-refractivity contribution is 0.238. The predicted octanol–water partition coefficient (Wildman–Crippen LogP) is 1.55. The maximum Gasteiger partial charge on any atom is 0.147 e. The number of aromatic nitrogens is 1. The van der Waals surface area contributed by atoms with Gasteiger partial charge < -0.3 is 10.0 Å². The molecule has 0 spiro atoms. The second kappa shape index (κ2) is 4.15. The number of nitrogens with zero attached hydrogens (tertiary/aromatic N) is 2. The van der Waals surface area contributed by atoms with E-state index in [1.54, 1.807) is 6.20 Å². The Morgan fingerprint density at radius 2 is 2.50 bits per heavy atom. The Kier molecular flexibility index (Phi) is 2.89. The van der Waals surface area contributed by atoms with Crippen LogP contribution in [0.5, 0.6) is 0 Å². The van der Waals surface area contributed by atoms with E-state index in [0.29, 0.717) is 10.9 Å². The number of hydrogen-bond acceptors (Lipinski definition) is 3. The van der Waals surface area contributed by atoms with E-state index in [2.05, 4.69) is 9.88 Å². The minimum Gasteiger partial charge on any atom is -0.396 e. The Hall–Kier alpha value is -0.800. The summed E-state index contributed by atoms with van der Waals surface area (Å²) >= 11 is 6.03. The maximum atomic E-state index is 9.02. The van der Waals surface area contributed by atoms with Gasteiger partial charge in [0.1, 0.15) is 5.82 Å². The van der Waals surface area contributed by atoms with Crippen molar-refractivity contribution < 1.29 is 5.11 Å². The fraction of sp³-hybridized carbons (Fsp3) is 0.500. The van der Waals surface area contributed by atoms with Crippen LogP contribution in [-0.4, -0.2) is 29.8 Å². The number of pyridine rings is 1. The minimum atomic E-state index is 0.251. The van der Waals surface area contributed by atoms with Crippen LogP contribution in [0.15, 0.2) is 18.3 Å². The highest BCUT2D eigenvalue weighted by molar-refractivity contribution is 6.32. The average molecular weight is 213 g/mol. The van der Waals surface area contributed by atoms with Gasteiger partial charge in [0.05, 0.1) is 5.02 Å². The third-order valence-electron chi connectivity index (χ3n) is 2.58. The van der Waals surface area contributed by atoms with E-state index < -0.39 is 0 Å². The van der Waals surface area contributed by atoms with Crippen LogP contribution in [0.4, 0.5) is 5.82 Å². The molecule has 0 aliphatic carbocycles. The molecule has 1 fully saturated rings. The summed E-state index contributed by atoms with van der Waals surface area (Å²) in [7, 11) is 0. The molecule has 1 aliphatic rings. The van der Waals surface area contributed by atoms with Gasteiger partial charge in [0.25, 0.3) is 0 Å². The van der Waals surface area contributed by atoms with E-state index >= 15 is 0 Å². The Labute approximate surface area is 88.3 Å². The van der Waals surface area contributed by atoms with Crippen LogP contribution in [0.1, 0.15) is 6.42 Å². The highest BCUT2D eigenvalue weighted by Crippen LogP contribution is 2.27. The Balaban J connectivity index is 2.13. The molecule has 1 N–H and O–H groups in total. The second-order valence-corrected chi connectivity index (χ2v) is 4.00. The summed E-state index contributed by atoms with van der Waals surface area (Å²) < 4.78 is 0. The zero-order valence-electron chi connectivity index (χ0n) is 7.86. The first-order valence-corrected chi connectivity index (χ1v) is 5.15. The van der Waals surface area contributed by atoms with Crippen LogP contribution in [0.2, 0.25) is 5.02 Å². The van der Waals surface area contributed by atoms with Gasteiger partial charge in [-0.15, -0.1) is 0 Å². The highest BCUT2D eigenvalue weighted by atomic mass is 35.5. The van der Waals surface area contributed by atoms with Gasteiger partial charge in [-0.2, -0.15) is 0 Å². The van der Waals surface area contributed by atoms with E-state index in [4.69, 9.17) is 16.7 Å². The largest absolute Gasteiger partial charge is 0.396 e. The SMILES string of the molecule is OC[C@H]1CCN(c2ncccc2Cl)C1. The van der Waals surface area contributed by atoms with Crippen molar-refractivity contribution in [2.45, 2.75) is 6.42 Å². The molecule has 4 heteroatoms. The Bertz CT molecular complexity index is 319. The fourth-order valence-electron chi connectivity index (χ4n) is 1.78. The van der Waals surface area contributed by atoms with Crippen LogP contribution < -0.4 is 4.90 Å². The van der Waals surface area contributed by atoms with E-state index in [1.807, 2.05) is 12.1 Å². The monoisotopic (exact) mass is 212 g/mol. The molecular formula is C10H13ClN2O. The van der Waals surface area contributed by atoms with Gasteiger partial charge >= 0.3 is 0 Å². The molecule has 1 atom stereocenters.